The molecule has 2 saturated heterocycles. The molecular weight excluding hydrogens is 356 g/mol. The summed E-state index contributed by atoms with van der Waals surface area (Å²) >= 11 is 0. The monoisotopic (exact) mass is 377 g/mol. The Kier molecular flexibility index (Phi) is 4.08. The quantitative estimate of drug-likeness (QED) is 0.785. The Morgan fingerprint density at radius 1 is 1.15 bits per heavy atom. The highest BCUT2D eigenvalue weighted by Crippen LogP contribution is 2.50. The molecule has 1 amide bonds. The lowest BCUT2D eigenvalue weighted by molar-refractivity contribution is -0.150. The lowest BCUT2D eigenvalue weighted by Gasteiger charge is -2.45. The number of aromatic nitrogens is 5. The van der Waals surface area contributed by atoms with Gasteiger partial charge in [-0.1, -0.05) is 0 Å². The zero-order valence-corrected chi connectivity index (χ0v) is 15.3. The molecule has 2 fully saturated rings. The van der Waals surface area contributed by atoms with Gasteiger partial charge >= 0.3 is 0 Å². The molecule has 0 unspecified atom stereocenters. The number of halogens is 2. The van der Waals surface area contributed by atoms with Gasteiger partial charge in [0.15, 0.2) is 5.82 Å². The van der Waals surface area contributed by atoms with Crippen molar-refractivity contribution in [2.75, 3.05) is 31.1 Å². The van der Waals surface area contributed by atoms with Crippen LogP contribution in [-0.4, -0.2) is 67.9 Å². The van der Waals surface area contributed by atoms with E-state index in [0.717, 1.165) is 5.69 Å². The van der Waals surface area contributed by atoms with Crippen molar-refractivity contribution in [3.05, 3.63) is 30.0 Å². The topological polar surface area (TPSA) is 80.0 Å². The predicted molar refractivity (Wildman–Crippen MR) is 92.5 cm³/mol. The summed E-state index contributed by atoms with van der Waals surface area (Å²) in [6, 6.07) is 3.61. The molecule has 4 rings (SSSR count). The van der Waals surface area contributed by atoms with Crippen molar-refractivity contribution in [3.63, 3.8) is 0 Å². The Labute approximate surface area is 155 Å². The molecule has 2 aromatic rings. The first-order valence-electron chi connectivity index (χ1n) is 8.88. The van der Waals surface area contributed by atoms with Crippen LogP contribution in [0.25, 0.3) is 0 Å². The lowest BCUT2D eigenvalue weighted by atomic mass is 9.75. The van der Waals surface area contributed by atoms with Gasteiger partial charge in [-0.3, -0.25) is 9.48 Å². The molecule has 0 bridgehead atoms. The molecule has 8 nitrogen and oxygen atoms in total. The van der Waals surface area contributed by atoms with Gasteiger partial charge in [0.2, 0.25) is 5.82 Å². The van der Waals surface area contributed by atoms with Gasteiger partial charge in [0.05, 0.1) is 11.1 Å². The lowest BCUT2D eigenvalue weighted by Crippen LogP contribution is -2.58. The highest BCUT2D eigenvalue weighted by Gasteiger charge is 2.60. The summed E-state index contributed by atoms with van der Waals surface area (Å²) in [5.41, 5.74) is -0.530. The third-order valence-corrected chi connectivity index (χ3v) is 5.50. The molecular formula is C17H21F2N7O. The molecule has 0 saturated carbocycles. The van der Waals surface area contributed by atoms with Crippen LogP contribution in [0.3, 0.4) is 0 Å². The molecule has 0 radical (unpaired) electrons. The third-order valence-electron chi connectivity index (χ3n) is 5.50. The summed E-state index contributed by atoms with van der Waals surface area (Å²) in [7, 11) is 1.66. The van der Waals surface area contributed by atoms with E-state index in [0.29, 0.717) is 12.4 Å². The minimum Gasteiger partial charge on any atom is -0.354 e. The Hall–Kier alpha value is -2.65. The Morgan fingerprint density at radius 2 is 1.96 bits per heavy atom. The average Bonchev–Trinajstić information content (AvgIpc) is 3.25. The minimum absolute atomic E-state index is 0.00379. The number of nitrogens with zero attached hydrogens (tertiary/aromatic N) is 7. The Morgan fingerprint density at radius 3 is 2.63 bits per heavy atom. The minimum atomic E-state index is -2.85. The van der Waals surface area contributed by atoms with E-state index in [1.807, 2.05) is 17.9 Å². The molecule has 0 aromatic carbocycles. The number of piperidine rings is 1. The molecule has 27 heavy (non-hydrogen) atoms. The van der Waals surface area contributed by atoms with E-state index in [-0.39, 0.29) is 38.3 Å². The van der Waals surface area contributed by atoms with Crippen LogP contribution in [-0.2, 0) is 7.05 Å². The van der Waals surface area contributed by atoms with E-state index in [2.05, 4.69) is 20.3 Å². The first-order valence-corrected chi connectivity index (χ1v) is 8.88. The van der Waals surface area contributed by atoms with E-state index in [1.54, 1.807) is 13.1 Å². The third kappa shape index (κ3) is 3.02. The van der Waals surface area contributed by atoms with Crippen molar-refractivity contribution in [1.29, 1.82) is 0 Å². The van der Waals surface area contributed by atoms with E-state index in [9.17, 15) is 13.6 Å². The van der Waals surface area contributed by atoms with Crippen molar-refractivity contribution in [2.24, 2.45) is 12.5 Å². The zero-order valence-electron chi connectivity index (χ0n) is 15.3. The normalized spacial score (nSPS) is 24.6. The van der Waals surface area contributed by atoms with Crippen LogP contribution < -0.4 is 4.90 Å². The van der Waals surface area contributed by atoms with E-state index >= 15 is 0 Å². The summed E-state index contributed by atoms with van der Waals surface area (Å²) in [6.07, 6.45) is 1.35. The molecule has 1 spiro atoms. The maximum Gasteiger partial charge on any atom is 0.293 e. The molecule has 1 atom stereocenters. The second kappa shape index (κ2) is 6.21. The van der Waals surface area contributed by atoms with Crippen LogP contribution >= 0.6 is 0 Å². The van der Waals surface area contributed by atoms with Crippen LogP contribution in [0.2, 0.25) is 0 Å². The molecule has 10 heteroatoms. The number of anilines is 1. The summed E-state index contributed by atoms with van der Waals surface area (Å²) in [6.45, 7) is 2.39. The summed E-state index contributed by atoms with van der Waals surface area (Å²) in [5, 5.41) is 12.1. The number of likely N-dealkylation sites (tertiary alicyclic amines) is 1. The number of carbonyl (C=O) groups excluding carboxylic acids is 1. The number of amides is 1. The van der Waals surface area contributed by atoms with Crippen molar-refractivity contribution >= 4 is 11.7 Å². The number of carbonyl (C=O) groups is 1. The molecule has 0 N–H and O–H groups in total. The number of hydrogen-bond donors (Lipinski definition) is 0. The highest BCUT2D eigenvalue weighted by atomic mass is 19.3. The SMILES string of the molecule is Cc1ccc(N2CC[C@]3(CN(C(=O)c4ncn(C)n4)CCC3(F)F)C2)nn1. The van der Waals surface area contributed by atoms with Crippen molar-refractivity contribution < 1.29 is 13.6 Å². The fourth-order valence-electron chi connectivity index (χ4n) is 3.91. The largest absolute Gasteiger partial charge is 0.354 e. The van der Waals surface area contributed by atoms with Gasteiger partial charge < -0.3 is 9.80 Å². The second-order valence-electron chi connectivity index (χ2n) is 7.41. The zero-order chi connectivity index (χ0) is 19.2. The van der Waals surface area contributed by atoms with E-state index in [4.69, 9.17) is 0 Å². The van der Waals surface area contributed by atoms with Crippen LogP contribution in [0.15, 0.2) is 18.5 Å². The summed E-state index contributed by atoms with van der Waals surface area (Å²) < 4.78 is 31.3. The molecule has 2 aliphatic heterocycles. The maximum atomic E-state index is 14.9. The first kappa shape index (κ1) is 17.7. The standard InChI is InChI=1S/C17H21F2N7O/c1-12-3-4-13(22-21-12)25-7-5-16(9-25)10-26(8-6-17(16,18)19)15(27)14-20-11-24(2)23-14/h3-4,11H,5-10H2,1-2H3/t16-/m1/s1. The van der Waals surface area contributed by atoms with Gasteiger partial charge in [0.25, 0.3) is 11.8 Å². The molecule has 2 aliphatic rings. The summed E-state index contributed by atoms with van der Waals surface area (Å²) in [4.78, 5) is 19.9. The van der Waals surface area contributed by atoms with E-state index < -0.39 is 17.2 Å². The van der Waals surface area contributed by atoms with Crippen molar-refractivity contribution in [1.82, 2.24) is 29.9 Å². The Balaban J connectivity index is 1.56. The Bertz CT molecular complexity index is 853. The second-order valence-corrected chi connectivity index (χ2v) is 7.41. The summed E-state index contributed by atoms with van der Waals surface area (Å²) in [5.74, 6) is -2.63. The van der Waals surface area contributed by atoms with Crippen LogP contribution in [0, 0.1) is 12.3 Å². The smallest absolute Gasteiger partial charge is 0.293 e. The molecule has 0 aliphatic carbocycles. The molecule has 144 valence electrons. The van der Waals surface area contributed by atoms with Crippen LogP contribution in [0.5, 0.6) is 0 Å². The molecule has 2 aromatic heterocycles. The highest BCUT2D eigenvalue weighted by molar-refractivity contribution is 5.90. The van der Waals surface area contributed by atoms with Gasteiger partial charge in [-0.25, -0.2) is 13.8 Å². The van der Waals surface area contributed by atoms with Gasteiger partial charge in [-0.2, -0.15) is 5.10 Å². The molecule has 4 heterocycles. The van der Waals surface area contributed by atoms with Crippen molar-refractivity contribution in [2.45, 2.75) is 25.7 Å². The van der Waals surface area contributed by atoms with Gasteiger partial charge in [-0.15, -0.1) is 10.2 Å². The van der Waals surface area contributed by atoms with Gasteiger partial charge in [0.1, 0.15) is 6.33 Å². The van der Waals surface area contributed by atoms with Gasteiger partial charge in [-0.05, 0) is 25.5 Å². The van der Waals surface area contributed by atoms with E-state index in [1.165, 1.54) is 15.9 Å². The number of rotatable bonds is 2. The van der Waals surface area contributed by atoms with Crippen LogP contribution in [0.4, 0.5) is 14.6 Å². The maximum absolute atomic E-state index is 14.9. The average molecular weight is 377 g/mol. The number of hydrogen-bond acceptors (Lipinski definition) is 6. The first-order chi connectivity index (χ1) is 12.8. The predicted octanol–water partition coefficient (Wildman–Crippen LogP) is 1.29. The van der Waals surface area contributed by atoms with Gasteiger partial charge in [0, 0.05) is 39.6 Å². The number of alkyl halides is 2. The van der Waals surface area contributed by atoms with Crippen molar-refractivity contribution in [3.8, 4) is 0 Å². The fourth-order valence-corrected chi connectivity index (χ4v) is 3.91. The van der Waals surface area contributed by atoms with Crippen LogP contribution in [0.1, 0.15) is 29.2 Å². The fraction of sp³-hybridized carbons (Fsp3) is 0.588. The number of aryl methyl sites for hydroxylation is 2.